The van der Waals surface area contributed by atoms with Crippen molar-refractivity contribution < 1.29 is 53.6 Å². The van der Waals surface area contributed by atoms with Crippen molar-refractivity contribution in [3.63, 3.8) is 0 Å². The van der Waals surface area contributed by atoms with Crippen LogP contribution in [0.25, 0.3) is 5.32 Å². The molecule has 7 heteroatoms. The Balaban J connectivity index is 0.00000256. The van der Waals surface area contributed by atoms with Crippen LogP contribution in [0.1, 0.15) is 30.9 Å². The molecule has 2 aliphatic heterocycles. The van der Waals surface area contributed by atoms with Gasteiger partial charge in [-0.15, -0.1) is 24.9 Å². The zero-order valence-electron chi connectivity index (χ0n) is 17.5. The fraction of sp³-hybridized carbons (Fsp3) is 0.478. The van der Waals surface area contributed by atoms with E-state index in [1.165, 1.54) is 21.7 Å². The molecule has 4 rings (SSSR count). The standard InChI is InChI=1S/C23H28N3O2S.Ac/c1-2-28-22(27)23(8-13-26(14-9-23)20-6-11-24-12-7-20)17-29-21-4-3-18-5-10-25-16-19(18)15-21;/h3-4,6-7,11-12,15H,2,5,8-10,13-14,16-17H2,1H3;/q-1;. The van der Waals surface area contributed by atoms with Gasteiger partial charge in [0.2, 0.25) is 0 Å². The third kappa shape index (κ3) is 5.60. The molecule has 1 aromatic heterocycles. The molecule has 1 saturated heterocycles. The predicted octanol–water partition coefficient (Wildman–Crippen LogP) is 4.45. The second kappa shape index (κ2) is 11.3. The van der Waals surface area contributed by atoms with Crippen molar-refractivity contribution >= 4 is 23.4 Å². The summed E-state index contributed by atoms with van der Waals surface area (Å²) in [5.74, 6) is 0.709. The summed E-state index contributed by atoms with van der Waals surface area (Å²) in [4.78, 5) is 20.6. The Bertz CT molecular complexity index is 842. The summed E-state index contributed by atoms with van der Waals surface area (Å²) in [6, 6.07) is 10.7. The van der Waals surface area contributed by atoms with Crippen LogP contribution < -0.4 is 4.90 Å². The molecule has 0 aliphatic carbocycles. The van der Waals surface area contributed by atoms with Gasteiger partial charge >= 0.3 is 5.97 Å². The van der Waals surface area contributed by atoms with Gasteiger partial charge in [0, 0.05) is 85.9 Å². The Morgan fingerprint density at radius 2 is 1.97 bits per heavy atom. The van der Waals surface area contributed by atoms with E-state index in [0.29, 0.717) is 6.61 Å². The van der Waals surface area contributed by atoms with Crippen LogP contribution in [-0.2, 0) is 22.5 Å². The van der Waals surface area contributed by atoms with Crippen molar-refractivity contribution in [1.29, 1.82) is 0 Å². The number of carbonyl (C=O) groups excluding carboxylic acids is 1. The molecule has 2 aromatic rings. The number of pyridine rings is 1. The Morgan fingerprint density at radius 1 is 1.20 bits per heavy atom. The predicted molar refractivity (Wildman–Crippen MR) is 118 cm³/mol. The molecule has 157 valence electrons. The molecular formula is C23H28AcN3O2S-. The van der Waals surface area contributed by atoms with E-state index in [9.17, 15) is 4.79 Å². The first-order valence-electron chi connectivity index (χ1n) is 10.4. The monoisotopic (exact) mass is 637 g/mol. The molecule has 0 bridgehead atoms. The smallest absolute Gasteiger partial charge is 0.313 e. The van der Waals surface area contributed by atoms with Gasteiger partial charge in [-0.1, -0.05) is 11.6 Å². The van der Waals surface area contributed by atoms with E-state index in [2.05, 4.69) is 33.4 Å². The average Bonchev–Trinajstić information content (AvgIpc) is 2.78. The Labute approximate surface area is 219 Å². The van der Waals surface area contributed by atoms with Gasteiger partial charge in [0.1, 0.15) is 0 Å². The number of piperidine rings is 1. The zero-order valence-corrected chi connectivity index (χ0v) is 23.1. The number of aromatic nitrogens is 1. The van der Waals surface area contributed by atoms with Crippen molar-refractivity contribution in [2.75, 3.05) is 36.9 Å². The largest absolute Gasteiger partial charge is 0.658 e. The molecule has 0 amide bonds. The summed E-state index contributed by atoms with van der Waals surface area (Å²) in [5.41, 5.74) is 3.49. The number of nitrogens with zero attached hydrogens (tertiary/aromatic N) is 3. The van der Waals surface area contributed by atoms with Crippen LogP contribution in [0.3, 0.4) is 0 Å². The second-order valence-corrected chi connectivity index (χ2v) is 8.82. The first-order valence-corrected chi connectivity index (χ1v) is 11.4. The minimum atomic E-state index is -0.426. The Morgan fingerprint density at radius 3 is 2.70 bits per heavy atom. The summed E-state index contributed by atoms with van der Waals surface area (Å²) in [6.45, 7) is 5.77. The molecule has 3 heterocycles. The molecule has 0 N–H and O–H groups in total. The topological polar surface area (TPSA) is 56.5 Å². The van der Waals surface area contributed by atoms with Crippen LogP contribution in [-0.4, -0.2) is 42.9 Å². The van der Waals surface area contributed by atoms with Gasteiger partial charge in [0.05, 0.1) is 12.0 Å². The van der Waals surface area contributed by atoms with Gasteiger partial charge < -0.3 is 15.0 Å². The molecule has 1 aromatic carbocycles. The van der Waals surface area contributed by atoms with Crippen LogP contribution >= 0.6 is 11.8 Å². The van der Waals surface area contributed by atoms with Gasteiger partial charge in [0.15, 0.2) is 0 Å². The summed E-state index contributed by atoms with van der Waals surface area (Å²) >= 11 is 1.78. The minimum absolute atomic E-state index is 0. The normalized spacial score (nSPS) is 17.6. The quantitative estimate of drug-likeness (QED) is 0.346. The minimum Gasteiger partial charge on any atom is -0.658 e. The van der Waals surface area contributed by atoms with Crippen LogP contribution in [0.5, 0.6) is 0 Å². The number of hydrogen-bond donors (Lipinski definition) is 0. The molecule has 0 spiro atoms. The number of benzene rings is 1. The van der Waals surface area contributed by atoms with E-state index in [4.69, 9.17) is 4.74 Å². The van der Waals surface area contributed by atoms with E-state index in [1.54, 1.807) is 11.8 Å². The molecule has 0 unspecified atom stereocenters. The first-order chi connectivity index (χ1) is 14.2. The zero-order chi connectivity index (χ0) is 20.1. The van der Waals surface area contributed by atoms with E-state index in [-0.39, 0.29) is 50.0 Å². The van der Waals surface area contributed by atoms with Gasteiger partial charge in [0.25, 0.3) is 0 Å². The van der Waals surface area contributed by atoms with E-state index in [0.717, 1.165) is 51.2 Å². The van der Waals surface area contributed by atoms with Crippen molar-refractivity contribution in [2.24, 2.45) is 5.41 Å². The second-order valence-electron chi connectivity index (χ2n) is 7.77. The Kier molecular flexibility index (Phi) is 9.07. The maximum Gasteiger partial charge on any atom is 0.313 e. The SMILES string of the molecule is CCOC(=O)C1(CSc2ccc3c(c2)C[N-]CC3)CCN(c2ccncc2)CC1.[Ac]. The fourth-order valence-corrected chi connectivity index (χ4v) is 5.38. The number of fused-ring (bicyclic) bond motifs is 1. The maximum absolute atomic E-state index is 12.9. The summed E-state index contributed by atoms with van der Waals surface area (Å²) < 4.78 is 5.51. The molecule has 5 nitrogen and oxygen atoms in total. The third-order valence-corrected chi connectivity index (χ3v) is 7.26. The van der Waals surface area contributed by atoms with Crippen molar-refractivity contribution in [3.05, 3.63) is 59.2 Å². The average molecular weight is 638 g/mol. The summed E-state index contributed by atoms with van der Waals surface area (Å²) in [5, 5.41) is 4.52. The number of anilines is 1. The van der Waals surface area contributed by atoms with Crippen LogP contribution in [0, 0.1) is 49.5 Å². The number of thioether (sulfide) groups is 1. The van der Waals surface area contributed by atoms with Crippen LogP contribution in [0.15, 0.2) is 47.6 Å². The van der Waals surface area contributed by atoms with E-state index in [1.807, 2.05) is 31.5 Å². The van der Waals surface area contributed by atoms with Gasteiger partial charge in [-0.3, -0.25) is 9.78 Å². The number of rotatable bonds is 6. The van der Waals surface area contributed by atoms with Crippen molar-refractivity contribution in [1.82, 2.24) is 4.98 Å². The molecule has 2 aliphatic rings. The molecule has 0 saturated carbocycles. The summed E-state index contributed by atoms with van der Waals surface area (Å²) in [7, 11) is 0. The van der Waals surface area contributed by atoms with Crippen LogP contribution in [0.4, 0.5) is 5.69 Å². The summed E-state index contributed by atoms with van der Waals surface area (Å²) in [6.07, 6.45) is 6.29. The number of ether oxygens (including phenoxy) is 1. The van der Waals surface area contributed by atoms with E-state index >= 15 is 0 Å². The van der Waals surface area contributed by atoms with Crippen molar-refractivity contribution in [3.8, 4) is 0 Å². The first kappa shape index (κ1) is 24.0. The molecule has 30 heavy (non-hydrogen) atoms. The molecule has 1 fully saturated rings. The maximum atomic E-state index is 12.9. The Hall–Kier alpha value is -0.608. The van der Waals surface area contributed by atoms with Gasteiger partial charge in [-0.25, -0.2) is 0 Å². The molecule has 0 atom stereocenters. The molecule has 1 radical (unpaired) electrons. The number of hydrogen-bond acceptors (Lipinski definition) is 5. The van der Waals surface area contributed by atoms with E-state index < -0.39 is 5.41 Å². The number of esters is 1. The van der Waals surface area contributed by atoms with Crippen molar-refractivity contribution in [2.45, 2.75) is 37.6 Å². The van der Waals surface area contributed by atoms with Gasteiger partial charge in [-0.2, -0.15) is 0 Å². The molecular weight excluding hydrogens is 609 g/mol. The number of carbonyl (C=O) groups is 1. The van der Waals surface area contributed by atoms with Crippen LogP contribution in [0.2, 0.25) is 0 Å². The van der Waals surface area contributed by atoms with Gasteiger partial charge in [-0.05, 0) is 56.0 Å². The fourth-order valence-electron chi connectivity index (χ4n) is 4.14. The third-order valence-electron chi connectivity index (χ3n) is 5.97.